The van der Waals surface area contributed by atoms with Crippen LogP contribution in [-0.2, 0) is 9.53 Å². The summed E-state index contributed by atoms with van der Waals surface area (Å²) in [6.07, 6.45) is 18.2. The highest BCUT2D eigenvalue weighted by molar-refractivity contribution is 5.48. The van der Waals surface area contributed by atoms with Crippen molar-refractivity contribution in [2.45, 2.75) is 103 Å². The molecule has 2 rings (SSSR count). The van der Waals surface area contributed by atoms with Gasteiger partial charge in [-0.2, -0.15) is 0 Å². The molecule has 2 fully saturated rings. The second-order valence-electron chi connectivity index (χ2n) is 8.82. The lowest BCUT2D eigenvalue weighted by molar-refractivity contribution is -0.107. The van der Waals surface area contributed by atoms with E-state index in [4.69, 9.17) is 4.74 Å². The van der Waals surface area contributed by atoms with Crippen LogP contribution >= 0.6 is 0 Å². The molecule has 0 aromatic rings. The molecule has 2 saturated carbocycles. The number of carbonyl (C=O) groups excluding carboxylic acids is 1. The summed E-state index contributed by atoms with van der Waals surface area (Å²) >= 11 is 0. The second kappa shape index (κ2) is 9.81. The van der Waals surface area contributed by atoms with Gasteiger partial charge in [0.25, 0.3) is 0 Å². The number of unbranched alkanes of at least 4 members (excludes halogenated alkanes) is 5. The van der Waals surface area contributed by atoms with Crippen LogP contribution in [-0.4, -0.2) is 19.0 Å². The lowest BCUT2D eigenvalue weighted by Gasteiger charge is -2.25. The van der Waals surface area contributed by atoms with Gasteiger partial charge in [0.1, 0.15) is 6.29 Å². The number of aldehydes is 1. The molecular weight excluding hydrogens is 284 g/mol. The Morgan fingerprint density at radius 3 is 2.30 bits per heavy atom. The Bertz CT molecular complexity index is 337. The van der Waals surface area contributed by atoms with Crippen molar-refractivity contribution in [3.8, 4) is 0 Å². The van der Waals surface area contributed by atoms with E-state index in [9.17, 15) is 4.79 Å². The van der Waals surface area contributed by atoms with Crippen LogP contribution in [0.3, 0.4) is 0 Å². The van der Waals surface area contributed by atoms with Gasteiger partial charge in [0, 0.05) is 13.0 Å². The molecule has 2 bridgehead atoms. The van der Waals surface area contributed by atoms with Gasteiger partial charge < -0.3 is 9.53 Å². The third-order valence-corrected chi connectivity index (χ3v) is 6.18. The molecule has 23 heavy (non-hydrogen) atoms. The lowest BCUT2D eigenvalue weighted by Crippen LogP contribution is -2.20. The van der Waals surface area contributed by atoms with E-state index in [-0.39, 0.29) is 0 Å². The fourth-order valence-corrected chi connectivity index (χ4v) is 4.64. The molecule has 3 unspecified atom stereocenters. The average Bonchev–Trinajstić information content (AvgIpc) is 3.13. The minimum absolute atomic E-state index is 0.465. The summed E-state index contributed by atoms with van der Waals surface area (Å²) in [5.74, 6) is 1.90. The van der Waals surface area contributed by atoms with E-state index in [1.54, 1.807) is 0 Å². The summed E-state index contributed by atoms with van der Waals surface area (Å²) in [4.78, 5) is 10.3. The van der Waals surface area contributed by atoms with Crippen molar-refractivity contribution in [2.24, 2.45) is 17.3 Å². The Balaban J connectivity index is 1.42. The van der Waals surface area contributed by atoms with Gasteiger partial charge in [-0.05, 0) is 68.6 Å². The first-order valence-corrected chi connectivity index (χ1v) is 10.2. The van der Waals surface area contributed by atoms with Crippen molar-refractivity contribution < 1.29 is 9.53 Å². The molecule has 0 amide bonds. The highest BCUT2D eigenvalue weighted by Crippen LogP contribution is 2.45. The molecule has 2 aliphatic rings. The predicted octanol–water partition coefficient (Wildman–Crippen LogP) is 5.93. The maximum atomic E-state index is 10.3. The zero-order valence-corrected chi connectivity index (χ0v) is 15.5. The van der Waals surface area contributed by atoms with Gasteiger partial charge in [-0.1, -0.05) is 39.5 Å². The van der Waals surface area contributed by atoms with Gasteiger partial charge in [-0.15, -0.1) is 0 Å². The molecule has 2 heteroatoms. The largest absolute Gasteiger partial charge is 0.378 e. The van der Waals surface area contributed by atoms with Crippen molar-refractivity contribution in [2.75, 3.05) is 6.61 Å². The predicted molar refractivity (Wildman–Crippen MR) is 96.6 cm³/mol. The Hall–Kier alpha value is -0.370. The Labute approximate surface area is 143 Å². The van der Waals surface area contributed by atoms with Gasteiger partial charge in [-0.25, -0.2) is 0 Å². The second-order valence-corrected chi connectivity index (χ2v) is 8.82. The van der Waals surface area contributed by atoms with Crippen molar-refractivity contribution in [1.82, 2.24) is 0 Å². The summed E-state index contributed by atoms with van der Waals surface area (Å²) in [6, 6.07) is 0. The van der Waals surface area contributed by atoms with Gasteiger partial charge in [0.15, 0.2) is 0 Å². The van der Waals surface area contributed by atoms with E-state index in [0.29, 0.717) is 11.5 Å². The fraction of sp³-hybridized carbons (Fsp3) is 0.952. The first kappa shape index (κ1) is 19.0. The number of ether oxygens (including phenoxy) is 1. The van der Waals surface area contributed by atoms with Crippen LogP contribution in [0.5, 0.6) is 0 Å². The molecule has 3 atom stereocenters. The van der Waals surface area contributed by atoms with Crippen LogP contribution in [0, 0.1) is 17.3 Å². The van der Waals surface area contributed by atoms with Crippen LogP contribution in [0.15, 0.2) is 0 Å². The molecule has 0 heterocycles. The number of hydrogen-bond acceptors (Lipinski definition) is 2. The van der Waals surface area contributed by atoms with E-state index >= 15 is 0 Å². The van der Waals surface area contributed by atoms with Crippen LogP contribution < -0.4 is 0 Å². The normalized spacial score (nSPS) is 26.8. The monoisotopic (exact) mass is 322 g/mol. The summed E-state index contributed by atoms with van der Waals surface area (Å²) in [6.45, 7) is 5.79. The molecule has 0 N–H and O–H groups in total. The Kier molecular flexibility index (Phi) is 8.09. The highest BCUT2D eigenvalue weighted by atomic mass is 16.5. The summed E-state index contributed by atoms with van der Waals surface area (Å²) in [5, 5.41) is 0. The molecule has 0 aliphatic heterocycles. The molecule has 0 spiro atoms. The molecule has 0 aromatic carbocycles. The van der Waals surface area contributed by atoms with Crippen molar-refractivity contribution in [1.29, 1.82) is 0 Å². The topological polar surface area (TPSA) is 26.3 Å². The number of rotatable bonds is 13. The van der Waals surface area contributed by atoms with Crippen LogP contribution in [0.25, 0.3) is 0 Å². The highest BCUT2D eigenvalue weighted by Gasteiger charge is 2.39. The van der Waals surface area contributed by atoms with Crippen LogP contribution in [0.1, 0.15) is 97.3 Å². The van der Waals surface area contributed by atoms with Gasteiger partial charge in [-0.3, -0.25) is 0 Å². The minimum atomic E-state index is 0.465. The summed E-state index contributed by atoms with van der Waals surface area (Å²) in [7, 11) is 0. The maximum Gasteiger partial charge on any atom is 0.119 e. The average molecular weight is 323 g/mol. The molecule has 134 valence electrons. The van der Waals surface area contributed by atoms with Gasteiger partial charge in [0.2, 0.25) is 0 Å². The number of fused-ring (bicyclic) bond motifs is 2. The van der Waals surface area contributed by atoms with E-state index < -0.39 is 0 Å². The first-order chi connectivity index (χ1) is 11.1. The smallest absolute Gasteiger partial charge is 0.119 e. The zero-order valence-electron chi connectivity index (χ0n) is 15.5. The van der Waals surface area contributed by atoms with E-state index in [1.165, 1.54) is 70.6 Å². The molecule has 0 saturated heterocycles. The van der Waals surface area contributed by atoms with Gasteiger partial charge >= 0.3 is 0 Å². The van der Waals surface area contributed by atoms with Crippen LogP contribution in [0.4, 0.5) is 0 Å². The molecule has 0 aromatic heterocycles. The van der Waals surface area contributed by atoms with Gasteiger partial charge in [0.05, 0.1) is 6.10 Å². The molecule has 0 radical (unpaired) electrons. The quantitative estimate of drug-likeness (QED) is 0.310. The van der Waals surface area contributed by atoms with E-state index in [1.807, 2.05) is 0 Å². The summed E-state index contributed by atoms with van der Waals surface area (Å²) in [5.41, 5.74) is 0.465. The fourth-order valence-electron chi connectivity index (χ4n) is 4.64. The molecule has 2 nitrogen and oxygen atoms in total. The van der Waals surface area contributed by atoms with Crippen molar-refractivity contribution >= 4 is 6.29 Å². The standard InChI is InChI=1S/C21H38O2/c1-21(2,12-6-3-4-8-14-22)13-7-5-9-15-23-20-17-18-10-11-19(20)16-18/h14,18-20H,3-13,15-17H2,1-2H3. The van der Waals surface area contributed by atoms with E-state index in [0.717, 1.165) is 37.6 Å². The Morgan fingerprint density at radius 1 is 0.957 bits per heavy atom. The maximum absolute atomic E-state index is 10.3. The first-order valence-electron chi connectivity index (χ1n) is 10.2. The third kappa shape index (κ3) is 6.95. The summed E-state index contributed by atoms with van der Waals surface area (Å²) < 4.78 is 6.14. The van der Waals surface area contributed by atoms with Crippen molar-refractivity contribution in [3.63, 3.8) is 0 Å². The third-order valence-electron chi connectivity index (χ3n) is 6.18. The SMILES string of the molecule is CC(C)(CCCCCC=O)CCCCCOC1CC2CCC1C2. The molecule has 2 aliphatic carbocycles. The molecular formula is C21H38O2. The van der Waals surface area contributed by atoms with Crippen LogP contribution in [0.2, 0.25) is 0 Å². The minimum Gasteiger partial charge on any atom is -0.378 e. The number of carbonyl (C=O) groups is 1. The Morgan fingerprint density at radius 2 is 1.70 bits per heavy atom. The van der Waals surface area contributed by atoms with Crippen molar-refractivity contribution in [3.05, 3.63) is 0 Å². The zero-order chi connectivity index (χ0) is 16.5. The number of hydrogen-bond donors (Lipinski definition) is 0. The van der Waals surface area contributed by atoms with E-state index in [2.05, 4.69) is 13.8 Å². The lowest BCUT2D eigenvalue weighted by atomic mass is 9.82.